The van der Waals surface area contributed by atoms with Crippen LogP contribution in [0.4, 0.5) is 0 Å². The van der Waals surface area contributed by atoms with Crippen molar-refractivity contribution in [3.05, 3.63) is 23.8 Å². The number of benzene rings is 1. The van der Waals surface area contributed by atoms with E-state index in [1.807, 2.05) is 12.1 Å². The van der Waals surface area contributed by atoms with Crippen LogP contribution in [-0.2, 0) is 6.54 Å². The molecule has 5 heteroatoms. The molecule has 1 saturated heterocycles. The van der Waals surface area contributed by atoms with Crippen molar-refractivity contribution >= 4 is 0 Å². The molecule has 0 radical (unpaired) electrons. The Hall–Kier alpha value is -1.30. The molecule has 0 aromatic heterocycles. The van der Waals surface area contributed by atoms with Crippen molar-refractivity contribution in [1.82, 2.24) is 9.80 Å². The highest BCUT2D eigenvalue weighted by atomic mass is 16.5. The van der Waals surface area contributed by atoms with Crippen LogP contribution < -0.4 is 4.74 Å². The Morgan fingerprint density at radius 3 is 2.67 bits per heavy atom. The zero-order valence-corrected chi connectivity index (χ0v) is 13.0. The highest BCUT2D eigenvalue weighted by molar-refractivity contribution is 5.45. The summed E-state index contributed by atoms with van der Waals surface area (Å²) >= 11 is 0. The Morgan fingerprint density at radius 1 is 1.33 bits per heavy atom. The van der Waals surface area contributed by atoms with Crippen LogP contribution in [-0.4, -0.2) is 66.5 Å². The number of nitrogens with zero attached hydrogens (tertiary/aromatic N) is 2. The number of aliphatic hydroxyl groups excluding tert-OH is 1. The molecule has 1 aliphatic rings. The predicted octanol–water partition coefficient (Wildman–Crippen LogP) is 1.29. The van der Waals surface area contributed by atoms with Gasteiger partial charge in [0.2, 0.25) is 0 Å². The number of aromatic hydroxyl groups is 1. The molecule has 1 aromatic rings. The third-order valence-corrected chi connectivity index (χ3v) is 4.27. The third kappa shape index (κ3) is 4.09. The monoisotopic (exact) mass is 294 g/mol. The molecule has 0 aliphatic carbocycles. The van der Waals surface area contributed by atoms with E-state index in [9.17, 15) is 10.2 Å². The summed E-state index contributed by atoms with van der Waals surface area (Å²) in [4.78, 5) is 4.60. The van der Waals surface area contributed by atoms with Crippen molar-refractivity contribution in [1.29, 1.82) is 0 Å². The molecule has 0 bridgehead atoms. The van der Waals surface area contributed by atoms with Gasteiger partial charge in [0.15, 0.2) is 11.5 Å². The molecule has 2 rings (SSSR count). The fourth-order valence-corrected chi connectivity index (χ4v) is 2.96. The lowest BCUT2D eigenvalue weighted by molar-refractivity contribution is 0.0933. The minimum absolute atomic E-state index is 0.136. The van der Waals surface area contributed by atoms with Crippen molar-refractivity contribution in [3.63, 3.8) is 0 Å². The van der Waals surface area contributed by atoms with Crippen molar-refractivity contribution in [2.24, 2.45) is 0 Å². The Balaban J connectivity index is 2.09. The van der Waals surface area contributed by atoms with Crippen LogP contribution in [0.15, 0.2) is 18.2 Å². The molecule has 5 nitrogen and oxygen atoms in total. The minimum Gasteiger partial charge on any atom is -0.504 e. The summed E-state index contributed by atoms with van der Waals surface area (Å²) in [5.74, 6) is 0.704. The van der Waals surface area contributed by atoms with Crippen LogP contribution in [0, 0.1) is 0 Å². The number of phenols is 1. The first kappa shape index (κ1) is 16.1. The van der Waals surface area contributed by atoms with E-state index in [1.54, 1.807) is 13.2 Å². The van der Waals surface area contributed by atoms with Gasteiger partial charge >= 0.3 is 0 Å². The van der Waals surface area contributed by atoms with E-state index >= 15 is 0 Å². The lowest BCUT2D eigenvalue weighted by Gasteiger charge is -2.37. The number of hydrogen-bond acceptors (Lipinski definition) is 5. The molecule has 21 heavy (non-hydrogen) atoms. The van der Waals surface area contributed by atoms with Crippen LogP contribution in [0.5, 0.6) is 11.5 Å². The largest absolute Gasteiger partial charge is 0.504 e. The number of ether oxygens (including phenoxy) is 1. The van der Waals surface area contributed by atoms with Gasteiger partial charge in [0.25, 0.3) is 0 Å². The number of aliphatic hydroxyl groups is 1. The van der Waals surface area contributed by atoms with Crippen LogP contribution in [0.2, 0.25) is 0 Å². The number of piperidine rings is 1. The van der Waals surface area contributed by atoms with Gasteiger partial charge in [0.05, 0.1) is 13.7 Å². The molecule has 2 N–H and O–H groups in total. The van der Waals surface area contributed by atoms with Gasteiger partial charge in [-0.05, 0) is 39.0 Å². The highest BCUT2D eigenvalue weighted by Crippen LogP contribution is 2.31. The summed E-state index contributed by atoms with van der Waals surface area (Å²) in [6.45, 7) is 3.56. The number of hydrogen-bond donors (Lipinski definition) is 2. The van der Waals surface area contributed by atoms with Crippen molar-refractivity contribution in [2.45, 2.75) is 25.4 Å². The van der Waals surface area contributed by atoms with Crippen LogP contribution in [0.1, 0.15) is 18.4 Å². The molecule has 0 saturated carbocycles. The number of likely N-dealkylation sites (tertiary alicyclic amines) is 1. The Morgan fingerprint density at radius 2 is 2.05 bits per heavy atom. The molecular formula is C16H26N2O3. The zero-order valence-electron chi connectivity index (χ0n) is 13.0. The summed E-state index contributed by atoms with van der Waals surface area (Å²) in [5, 5.41) is 19.6. The molecule has 1 fully saturated rings. The molecule has 118 valence electrons. The molecular weight excluding hydrogens is 268 g/mol. The average molecular weight is 294 g/mol. The topological polar surface area (TPSA) is 56.2 Å². The van der Waals surface area contributed by atoms with Gasteiger partial charge in [-0.15, -0.1) is 0 Å². The number of rotatable bonds is 6. The van der Waals surface area contributed by atoms with E-state index in [0.717, 1.165) is 31.5 Å². The van der Waals surface area contributed by atoms with Crippen molar-refractivity contribution in [3.8, 4) is 11.5 Å². The Bertz CT molecular complexity index is 445. The molecule has 1 aromatic carbocycles. The predicted molar refractivity (Wildman–Crippen MR) is 82.7 cm³/mol. The van der Waals surface area contributed by atoms with Gasteiger partial charge in [-0.25, -0.2) is 0 Å². The molecule has 1 aliphatic heterocycles. The first-order chi connectivity index (χ1) is 10.2. The first-order valence-electron chi connectivity index (χ1n) is 7.54. The average Bonchev–Trinajstić information content (AvgIpc) is 2.49. The van der Waals surface area contributed by atoms with Gasteiger partial charge < -0.3 is 19.8 Å². The van der Waals surface area contributed by atoms with E-state index < -0.39 is 0 Å². The summed E-state index contributed by atoms with van der Waals surface area (Å²) in [5.41, 5.74) is 0.849. The van der Waals surface area contributed by atoms with Gasteiger partial charge in [-0.2, -0.15) is 0 Å². The van der Waals surface area contributed by atoms with Gasteiger partial charge in [0, 0.05) is 24.7 Å². The number of para-hydroxylation sites is 1. The maximum absolute atomic E-state index is 10.2. The minimum atomic E-state index is 0.136. The van der Waals surface area contributed by atoms with Gasteiger partial charge in [0.1, 0.15) is 0 Å². The summed E-state index contributed by atoms with van der Waals surface area (Å²) in [6, 6.07) is 6.01. The zero-order chi connectivity index (χ0) is 15.2. The second kappa shape index (κ2) is 7.64. The quantitative estimate of drug-likeness (QED) is 0.828. The molecule has 0 amide bonds. The SMILES string of the molecule is COc1cccc(CN(CCO)C2CCN(C)CC2)c1O. The van der Waals surface area contributed by atoms with E-state index in [0.29, 0.717) is 24.9 Å². The van der Waals surface area contributed by atoms with Crippen LogP contribution in [0.3, 0.4) is 0 Å². The van der Waals surface area contributed by atoms with E-state index in [-0.39, 0.29) is 12.4 Å². The highest BCUT2D eigenvalue weighted by Gasteiger charge is 2.24. The number of methoxy groups -OCH3 is 1. The smallest absolute Gasteiger partial charge is 0.162 e. The van der Waals surface area contributed by atoms with Crippen LogP contribution >= 0.6 is 0 Å². The van der Waals surface area contributed by atoms with Crippen molar-refractivity contribution in [2.75, 3.05) is 40.4 Å². The maximum Gasteiger partial charge on any atom is 0.162 e. The normalized spacial score (nSPS) is 17.3. The fraction of sp³-hybridized carbons (Fsp3) is 0.625. The summed E-state index contributed by atoms with van der Waals surface area (Å²) < 4.78 is 5.16. The van der Waals surface area contributed by atoms with Crippen LogP contribution in [0.25, 0.3) is 0 Å². The lowest BCUT2D eigenvalue weighted by Crippen LogP contribution is -2.44. The molecule has 0 unspecified atom stereocenters. The van der Waals surface area contributed by atoms with Crippen molar-refractivity contribution < 1.29 is 14.9 Å². The second-order valence-corrected chi connectivity index (χ2v) is 5.70. The fourth-order valence-electron chi connectivity index (χ4n) is 2.96. The number of phenolic OH excluding ortho intramolecular Hbond substituents is 1. The molecule has 0 spiro atoms. The molecule has 1 heterocycles. The molecule has 0 atom stereocenters. The van der Waals surface area contributed by atoms with Gasteiger partial charge in [-0.1, -0.05) is 12.1 Å². The Labute approximate surface area is 126 Å². The van der Waals surface area contributed by atoms with E-state index in [2.05, 4.69) is 16.8 Å². The summed E-state index contributed by atoms with van der Waals surface area (Å²) in [7, 11) is 3.70. The third-order valence-electron chi connectivity index (χ3n) is 4.27. The lowest BCUT2D eigenvalue weighted by atomic mass is 10.0. The first-order valence-corrected chi connectivity index (χ1v) is 7.54. The van der Waals surface area contributed by atoms with Gasteiger partial charge in [-0.3, -0.25) is 4.90 Å². The second-order valence-electron chi connectivity index (χ2n) is 5.70. The standard InChI is InChI=1S/C16H26N2O3/c1-17-8-6-14(7-9-17)18(10-11-19)12-13-4-3-5-15(21-2)16(13)20/h3-5,14,19-20H,6-12H2,1-2H3. The summed E-state index contributed by atoms with van der Waals surface area (Å²) in [6.07, 6.45) is 2.20. The van der Waals surface area contributed by atoms with E-state index in [1.165, 1.54) is 0 Å². The maximum atomic E-state index is 10.2. The van der Waals surface area contributed by atoms with E-state index in [4.69, 9.17) is 4.74 Å². The Kier molecular flexibility index (Phi) is 5.85.